The van der Waals surface area contributed by atoms with E-state index in [9.17, 15) is 5.26 Å². The standard InChI is InChI=1S/C19H11ClN4/c1-23-17-16(15(11-21)18(20)24-19(17)22)14-9-5-8-13(10-14)12-6-3-2-4-7-12/h2-10H,(H2,22,24). The lowest BCUT2D eigenvalue weighted by atomic mass is 9.96. The van der Waals surface area contributed by atoms with Crippen LogP contribution in [0, 0.1) is 17.9 Å². The first-order valence-electron chi connectivity index (χ1n) is 7.08. The van der Waals surface area contributed by atoms with Crippen molar-refractivity contribution in [3.8, 4) is 28.3 Å². The quantitative estimate of drug-likeness (QED) is 0.526. The van der Waals surface area contributed by atoms with Gasteiger partial charge in [-0.3, -0.25) is 0 Å². The average molecular weight is 331 g/mol. The van der Waals surface area contributed by atoms with E-state index in [1.165, 1.54) is 0 Å². The molecule has 0 aliphatic carbocycles. The highest BCUT2D eigenvalue weighted by Crippen LogP contribution is 2.40. The molecule has 24 heavy (non-hydrogen) atoms. The molecule has 0 amide bonds. The molecule has 1 aromatic heterocycles. The lowest BCUT2D eigenvalue weighted by Gasteiger charge is -2.12. The van der Waals surface area contributed by atoms with Crippen LogP contribution in [0.2, 0.25) is 5.15 Å². The summed E-state index contributed by atoms with van der Waals surface area (Å²) in [5, 5.41) is 9.44. The third kappa shape index (κ3) is 2.67. The van der Waals surface area contributed by atoms with Crippen LogP contribution in [0.3, 0.4) is 0 Å². The predicted molar refractivity (Wildman–Crippen MR) is 95.5 cm³/mol. The van der Waals surface area contributed by atoms with E-state index in [2.05, 4.69) is 9.83 Å². The summed E-state index contributed by atoms with van der Waals surface area (Å²) in [4.78, 5) is 7.34. The van der Waals surface area contributed by atoms with Gasteiger partial charge in [0.2, 0.25) is 5.69 Å². The molecule has 0 fully saturated rings. The minimum atomic E-state index is 0.00233. The van der Waals surface area contributed by atoms with E-state index < -0.39 is 0 Å². The zero-order valence-corrected chi connectivity index (χ0v) is 13.2. The maximum atomic E-state index is 9.44. The maximum Gasteiger partial charge on any atom is 0.237 e. The van der Waals surface area contributed by atoms with E-state index in [4.69, 9.17) is 23.9 Å². The van der Waals surface area contributed by atoms with Crippen LogP contribution < -0.4 is 5.73 Å². The van der Waals surface area contributed by atoms with Crippen molar-refractivity contribution in [2.75, 3.05) is 5.73 Å². The van der Waals surface area contributed by atoms with Crippen LogP contribution in [-0.4, -0.2) is 4.98 Å². The normalized spacial score (nSPS) is 9.96. The van der Waals surface area contributed by atoms with Crippen molar-refractivity contribution in [1.29, 1.82) is 5.26 Å². The van der Waals surface area contributed by atoms with Gasteiger partial charge in [-0.1, -0.05) is 60.1 Å². The lowest BCUT2D eigenvalue weighted by Crippen LogP contribution is -1.97. The van der Waals surface area contributed by atoms with Crippen LogP contribution in [0.1, 0.15) is 5.56 Å². The number of anilines is 1. The summed E-state index contributed by atoms with van der Waals surface area (Å²) in [6, 6.07) is 19.4. The first kappa shape index (κ1) is 15.6. The van der Waals surface area contributed by atoms with Crippen molar-refractivity contribution in [2.24, 2.45) is 0 Å². The zero-order valence-electron chi connectivity index (χ0n) is 12.5. The van der Waals surface area contributed by atoms with Crippen molar-refractivity contribution < 1.29 is 0 Å². The number of pyridine rings is 1. The van der Waals surface area contributed by atoms with Crippen molar-refractivity contribution in [2.45, 2.75) is 0 Å². The Balaban J connectivity index is 2.28. The Hall–Kier alpha value is -3.34. The molecule has 0 aliphatic rings. The molecule has 0 spiro atoms. The molecule has 1 heterocycles. The number of halogens is 1. The number of nitrogen functional groups attached to an aromatic ring is 1. The third-order valence-electron chi connectivity index (χ3n) is 3.64. The summed E-state index contributed by atoms with van der Waals surface area (Å²) in [5.74, 6) is 0.0223. The molecule has 0 saturated heterocycles. The first-order valence-corrected chi connectivity index (χ1v) is 7.46. The Morgan fingerprint density at radius 2 is 1.71 bits per heavy atom. The number of nitrogens with zero attached hydrogens (tertiary/aromatic N) is 3. The Bertz CT molecular complexity index is 960. The minimum absolute atomic E-state index is 0.00233. The second-order valence-electron chi connectivity index (χ2n) is 5.06. The van der Waals surface area contributed by atoms with E-state index >= 15 is 0 Å². The number of benzene rings is 2. The fraction of sp³-hybridized carbons (Fsp3) is 0. The number of aromatic nitrogens is 1. The van der Waals surface area contributed by atoms with Gasteiger partial charge in [-0.2, -0.15) is 5.26 Å². The van der Waals surface area contributed by atoms with Crippen molar-refractivity contribution >= 4 is 23.1 Å². The third-order valence-corrected chi connectivity index (χ3v) is 3.91. The molecule has 0 saturated carbocycles. The lowest BCUT2D eigenvalue weighted by molar-refractivity contribution is 1.32. The fourth-order valence-corrected chi connectivity index (χ4v) is 2.77. The molecule has 5 heteroatoms. The molecule has 0 radical (unpaired) electrons. The maximum absolute atomic E-state index is 9.44. The monoisotopic (exact) mass is 330 g/mol. The van der Waals surface area contributed by atoms with Gasteiger partial charge in [0.05, 0.1) is 12.1 Å². The fourth-order valence-electron chi connectivity index (χ4n) is 2.55. The Morgan fingerprint density at radius 3 is 2.38 bits per heavy atom. The number of nitriles is 1. The highest BCUT2D eigenvalue weighted by atomic mass is 35.5. The second kappa shape index (κ2) is 6.42. The average Bonchev–Trinajstić information content (AvgIpc) is 2.62. The van der Waals surface area contributed by atoms with Gasteiger partial charge in [-0.05, 0) is 22.8 Å². The molecule has 2 aromatic carbocycles. The largest absolute Gasteiger partial charge is 0.392 e. The zero-order chi connectivity index (χ0) is 17.1. The molecule has 0 bridgehead atoms. The first-order chi connectivity index (χ1) is 11.7. The van der Waals surface area contributed by atoms with E-state index in [0.29, 0.717) is 11.1 Å². The Morgan fingerprint density at radius 1 is 1.04 bits per heavy atom. The van der Waals surface area contributed by atoms with Gasteiger partial charge in [0.25, 0.3) is 0 Å². The Kier molecular flexibility index (Phi) is 4.16. The molecular weight excluding hydrogens is 320 g/mol. The van der Waals surface area contributed by atoms with Gasteiger partial charge in [-0.25, -0.2) is 9.83 Å². The highest BCUT2D eigenvalue weighted by Gasteiger charge is 2.19. The Labute approximate surface area is 144 Å². The van der Waals surface area contributed by atoms with Crippen LogP contribution in [0.25, 0.3) is 27.1 Å². The van der Waals surface area contributed by atoms with E-state index in [1.54, 1.807) is 0 Å². The molecule has 4 nitrogen and oxygen atoms in total. The predicted octanol–water partition coefficient (Wildman–Crippen LogP) is 5.07. The molecular formula is C19H11ClN4. The van der Waals surface area contributed by atoms with Gasteiger partial charge in [0.15, 0.2) is 0 Å². The summed E-state index contributed by atoms with van der Waals surface area (Å²) in [6.07, 6.45) is 0. The van der Waals surface area contributed by atoms with Gasteiger partial charge in [0.1, 0.15) is 17.0 Å². The number of hydrogen-bond acceptors (Lipinski definition) is 3. The van der Waals surface area contributed by atoms with Crippen molar-refractivity contribution in [3.63, 3.8) is 0 Å². The molecule has 114 valence electrons. The highest BCUT2D eigenvalue weighted by molar-refractivity contribution is 6.31. The molecule has 3 aromatic rings. The van der Waals surface area contributed by atoms with Crippen LogP contribution in [-0.2, 0) is 0 Å². The molecule has 0 atom stereocenters. The number of hydrogen-bond donors (Lipinski definition) is 1. The van der Waals surface area contributed by atoms with Gasteiger partial charge in [-0.15, -0.1) is 0 Å². The summed E-state index contributed by atoms with van der Waals surface area (Å²) in [6.45, 7) is 7.39. The SMILES string of the molecule is [C-]#[N+]c1c(N)nc(Cl)c(C#N)c1-c1cccc(-c2ccccc2)c1. The molecule has 2 N–H and O–H groups in total. The molecule has 0 aliphatic heterocycles. The van der Waals surface area contributed by atoms with E-state index in [-0.39, 0.29) is 22.2 Å². The molecule has 0 unspecified atom stereocenters. The van der Waals surface area contributed by atoms with Gasteiger partial charge in [0, 0.05) is 5.56 Å². The summed E-state index contributed by atoms with van der Waals surface area (Å²) in [5.41, 5.74) is 9.25. The van der Waals surface area contributed by atoms with Crippen molar-refractivity contribution in [1.82, 2.24) is 4.98 Å². The van der Waals surface area contributed by atoms with E-state index in [1.807, 2.05) is 60.7 Å². The summed E-state index contributed by atoms with van der Waals surface area (Å²) < 4.78 is 0. The van der Waals surface area contributed by atoms with Crippen LogP contribution in [0.4, 0.5) is 11.5 Å². The second-order valence-corrected chi connectivity index (χ2v) is 5.41. The minimum Gasteiger partial charge on any atom is -0.392 e. The van der Waals surface area contributed by atoms with Crippen LogP contribution in [0.15, 0.2) is 54.6 Å². The van der Waals surface area contributed by atoms with Gasteiger partial charge < -0.3 is 5.73 Å². The topological polar surface area (TPSA) is 67.1 Å². The van der Waals surface area contributed by atoms with E-state index in [0.717, 1.165) is 11.1 Å². The summed E-state index contributed by atoms with van der Waals surface area (Å²) in [7, 11) is 0. The smallest absolute Gasteiger partial charge is 0.237 e. The van der Waals surface area contributed by atoms with Crippen LogP contribution >= 0.6 is 11.6 Å². The van der Waals surface area contributed by atoms with Gasteiger partial charge >= 0.3 is 0 Å². The number of rotatable bonds is 2. The van der Waals surface area contributed by atoms with Crippen LogP contribution in [0.5, 0.6) is 0 Å². The molecule has 3 rings (SSSR count). The number of nitrogens with two attached hydrogens (primary N) is 1. The van der Waals surface area contributed by atoms with Crippen molar-refractivity contribution in [3.05, 3.63) is 76.7 Å². The summed E-state index contributed by atoms with van der Waals surface area (Å²) >= 11 is 6.05.